The quantitative estimate of drug-likeness (QED) is 0.369. The number of carbonyl (C=O) groups is 1. The van der Waals surface area contributed by atoms with Gasteiger partial charge in [-0.2, -0.15) is 0 Å². The predicted octanol–water partition coefficient (Wildman–Crippen LogP) is 5.70. The first-order chi connectivity index (χ1) is 16.1. The minimum absolute atomic E-state index is 0.222. The Labute approximate surface area is 199 Å². The van der Waals surface area contributed by atoms with Crippen LogP contribution in [0.1, 0.15) is 21.6 Å². The van der Waals surface area contributed by atoms with Gasteiger partial charge in [-0.15, -0.1) is 11.3 Å². The maximum atomic E-state index is 12.6. The standard InChI is InChI=1S/C25H19ClN2O4S/c26-19-5-1-3-17(9-19)13-30-20-6-2-4-18(11-20)25-28-21(14-33-25)24(29)27-12-16-7-8-22-23(10-16)32-15-31-22/h1-11,14H,12-13,15H2,(H,27,29). The topological polar surface area (TPSA) is 69.7 Å². The fourth-order valence-electron chi connectivity index (χ4n) is 3.35. The van der Waals surface area contributed by atoms with Gasteiger partial charge in [0.2, 0.25) is 6.79 Å². The van der Waals surface area contributed by atoms with Gasteiger partial charge in [0.25, 0.3) is 5.91 Å². The van der Waals surface area contributed by atoms with Crippen molar-refractivity contribution < 1.29 is 19.0 Å². The molecule has 5 rings (SSSR count). The molecule has 33 heavy (non-hydrogen) atoms. The highest BCUT2D eigenvalue weighted by molar-refractivity contribution is 7.13. The van der Waals surface area contributed by atoms with E-state index in [1.54, 1.807) is 5.38 Å². The molecule has 0 fully saturated rings. The van der Waals surface area contributed by atoms with Crippen LogP contribution in [0, 0.1) is 0 Å². The van der Waals surface area contributed by atoms with Gasteiger partial charge >= 0.3 is 0 Å². The van der Waals surface area contributed by atoms with Crippen molar-refractivity contribution in [3.8, 4) is 27.8 Å². The summed E-state index contributed by atoms with van der Waals surface area (Å²) in [5.41, 5.74) is 3.18. The zero-order valence-electron chi connectivity index (χ0n) is 17.4. The number of benzene rings is 3. The van der Waals surface area contributed by atoms with Crippen LogP contribution in [-0.2, 0) is 13.2 Å². The third-order valence-corrected chi connectivity index (χ3v) is 6.13. The molecule has 1 aromatic heterocycles. The van der Waals surface area contributed by atoms with Gasteiger partial charge in [-0.3, -0.25) is 4.79 Å². The van der Waals surface area contributed by atoms with Crippen molar-refractivity contribution in [3.63, 3.8) is 0 Å². The lowest BCUT2D eigenvalue weighted by Gasteiger charge is -2.08. The van der Waals surface area contributed by atoms with Gasteiger partial charge in [0.05, 0.1) is 0 Å². The number of aromatic nitrogens is 1. The van der Waals surface area contributed by atoms with Gasteiger partial charge in [-0.1, -0.05) is 41.9 Å². The molecule has 0 bridgehead atoms. The number of halogens is 1. The van der Waals surface area contributed by atoms with Crippen LogP contribution in [0.5, 0.6) is 17.2 Å². The first-order valence-electron chi connectivity index (χ1n) is 10.2. The van der Waals surface area contributed by atoms with E-state index < -0.39 is 0 Å². The third kappa shape index (κ3) is 5.10. The second kappa shape index (κ2) is 9.52. The molecule has 1 aliphatic heterocycles. The lowest BCUT2D eigenvalue weighted by Crippen LogP contribution is -2.23. The highest BCUT2D eigenvalue weighted by Crippen LogP contribution is 2.32. The van der Waals surface area contributed by atoms with Gasteiger partial charge in [0, 0.05) is 22.5 Å². The molecule has 0 radical (unpaired) electrons. The molecule has 166 valence electrons. The van der Waals surface area contributed by atoms with E-state index in [1.165, 1.54) is 11.3 Å². The Kier molecular flexibility index (Phi) is 6.15. The molecule has 0 atom stereocenters. The highest BCUT2D eigenvalue weighted by atomic mass is 35.5. The summed E-state index contributed by atoms with van der Waals surface area (Å²) in [5.74, 6) is 1.89. The van der Waals surface area contributed by atoms with Crippen molar-refractivity contribution in [2.75, 3.05) is 6.79 Å². The predicted molar refractivity (Wildman–Crippen MR) is 127 cm³/mol. The van der Waals surface area contributed by atoms with E-state index >= 15 is 0 Å². The monoisotopic (exact) mass is 478 g/mol. The van der Waals surface area contributed by atoms with Crippen LogP contribution in [-0.4, -0.2) is 17.7 Å². The molecule has 1 N–H and O–H groups in total. The van der Waals surface area contributed by atoms with Crippen molar-refractivity contribution in [1.82, 2.24) is 10.3 Å². The molecule has 0 saturated heterocycles. The largest absolute Gasteiger partial charge is 0.489 e. The smallest absolute Gasteiger partial charge is 0.271 e. The number of nitrogens with zero attached hydrogens (tertiary/aromatic N) is 1. The summed E-state index contributed by atoms with van der Waals surface area (Å²) >= 11 is 7.45. The molecule has 0 saturated carbocycles. The lowest BCUT2D eigenvalue weighted by molar-refractivity contribution is 0.0946. The maximum absolute atomic E-state index is 12.6. The van der Waals surface area contributed by atoms with Gasteiger partial charge in [0.15, 0.2) is 11.5 Å². The van der Waals surface area contributed by atoms with Crippen LogP contribution in [0.15, 0.2) is 72.1 Å². The fraction of sp³-hybridized carbons (Fsp3) is 0.120. The van der Waals surface area contributed by atoms with E-state index in [0.717, 1.165) is 27.4 Å². The molecular formula is C25H19ClN2O4S. The van der Waals surface area contributed by atoms with Crippen LogP contribution >= 0.6 is 22.9 Å². The molecular weight excluding hydrogens is 460 g/mol. The Balaban J connectivity index is 1.21. The van der Waals surface area contributed by atoms with Crippen LogP contribution in [0.4, 0.5) is 0 Å². The Morgan fingerprint density at radius 1 is 1.03 bits per heavy atom. The zero-order valence-corrected chi connectivity index (χ0v) is 19.0. The second-order valence-corrected chi connectivity index (χ2v) is 8.65. The molecule has 3 aromatic carbocycles. The normalized spacial score (nSPS) is 11.9. The fourth-order valence-corrected chi connectivity index (χ4v) is 4.36. The number of nitrogens with one attached hydrogen (secondary N) is 1. The van der Waals surface area contributed by atoms with E-state index in [1.807, 2.05) is 66.7 Å². The minimum atomic E-state index is -0.233. The molecule has 8 heteroatoms. The number of ether oxygens (including phenoxy) is 3. The van der Waals surface area contributed by atoms with Crippen LogP contribution < -0.4 is 19.5 Å². The number of amides is 1. The average Bonchev–Trinajstić information content (AvgIpc) is 3.51. The Morgan fingerprint density at radius 3 is 2.82 bits per heavy atom. The minimum Gasteiger partial charge on any atom is -0.489 e. The molecule has 1 amide bonds. The average molecular weight is 479 g/mol. The van der Waals surface area contributed by atoms with Gasteiger partial charge < -0.3 is 19.5 Å². The van der Waals surface area contributed by atoms with E-state index in [0.29, 0.717) is 35.4 Å². The number of thiazole rings is 1. The van der Waals surface area contributed by atoms with E-state index in [-0.39, 0.29) is 12.7 Å². The number of carbonyl (C=O) groups excluding carboxylic acids is 1. The molecule has 2 heterocycles. The molecule has 0 unspecified atom stereocenters. The second-order valence-electron chi connectivity index (χ2n) is 7.35. The molecule has 4 aromatic rings. The summed E-state index contributed by atoms with van der Waals surface area (Å²) in [6.07, 6.45) is 0. The summed E-state index contributed by atoms with van der Waals surface area (Å²) in [6, 6.07) is 20.8. The number of hydrogen-bond acceptors (Lipinski definition) is 6. The molecule has 0 spiro atoms. The summed E-state index contributed by atoms with van der Waals surface area (Å²) in [6.45, 7) is 1.00. The SMILES string of the molecule is O=C(NCc1ccc2c(c1)OCO2)c1csc(-c2cccc(OCc3cccc(Cl)c3)c2)n1. The summed E-state index contributed by atoms with van der Waals surface area (Å²) in [4.78, 5) is 17.1. The van der Waals surface area contributed by atoms with Crippen molar-refractivity contribution in [1.29, 1.82) is 0 Å². The zero-order chi connectivity index (χ0) is 22.6. The summed E-state index contributed by atoms with van der Waals surface area (Å²) in [5, 5.41) is 6.08. The van der Waals surface area contributed by atoms with Crippen LogP contribution in [0.3, 0.4) is 0 Å². The molecule has 1 aliphatic rings. The van der Waals surface area contributed by atoms with Gasteiger partial charge in [-0.05, 0) is 47.5 Å². The van der Waals surface area contributed by atoms with Gasteiger partial charge in [-0.25, -0.2) is 4.98 Å². The third-order valence-electron chi connectivity index (χ3n) is 5.00. The first-order valence-corrected chi connectivity index (χ1v) is 11.5. The number of rotatable bonds is 7. The summed E-state index contributed by atoms with van der Waals surface area (Å²) in [7, 11) is 0. The van der Waals surface area contributed by atoms with Crippen LogP contribution in [0.25, 0.3) is 10.6 Å². The first kappa shape index (κ1) is 21.3. The Bertz CT molecular complexity index is 1310. The Hall–Kier alpha value is -3.55. The number of fused-ring (bicyclic) bond motifs is 1. The highest BCUT2D eigenvalue weighted by Gasteiger charge is 2.15. The maximum Gasteiger partial charge on any atom is 0.271 e. The molecule has 6 nitrogen and oxygen atoms in total. The van der Waals surface area contributed by atoms with Gasteiger partial charge in [0.1, 0.15) is 23.1 Å². The summed E-state index contributed by atoms with van der Waals surface area (Å²) < 4.78 is 16.6. The van der Waals surface area contributed by atoms with E-state index in [4.69, 9.17) is 25.8 Å². The Morgan fingerprint density at radius 2 is 1.91 bits per heavy atom. The van der Waals surface area contributed by atoms with Crippen molar-refractivity contribution in [2.24, 2.45) is 0 Å². The number of hydrogen-bond donors (Lipinski definition) is 1. The van der Waals surface area contributed by atoms with Crippen molar-refractivity contribution in [2.45, 2.75) is 13.2 Å². The molecule has 0 aliphatic carbocycles. The lowest BCUT2D eigenvalue weighted by atomic mass is 10.2. The van der Waals surface area contributed by atoms with Crippen LogP contribution in [0.2, 0.25) is 5.02 Å². The van der Waals surface area contributed by atoms with E-state index in [9.17, 15) is 4.79 Å². The van der Waals surface area contributed by atoms with Crippen molar-refractivity contribution >= 4 is 28.8 Å². The van der Waals surface area contributed by atoms with E-state index in [2.05, 4.69) is 10.3 Å². The van der Waals surface area contributed by atoms with Crippen molar-refractivity contribution in [3.05, 3.63) is 94.0 Å².